The molecule has 0 spiro atoms. The van der Waals surface area contributed by atoms with Crippen molar-refractivity contribution in [1.82, 2.24) is 4.90 Å². The zero-order chi connectivity index (χ0) is 33.1. The van der Waals surface area contributed by atoms with Gasteiger partial charge in [-0.05, 0) is 53.8 Å². The molecule has 0 unspecified atom stereocenters. The standard InChI is InChI=1S/C36H41IN4O6/c1-2-3-12-40(27-9-6-7-23(14-27)19-38)33(43)21-39-20-28(25-15-26(18-37)35-31(16-25)46-22-47-35)34(36(44)45)30(39)11-13-41-29-10-5-4-8-24(29)17-32(41)42/h4-10,14-16,28,30,34H,2-3,11-13,17-22,38H2,1H3,(H,44,45)/t28-,30+,34-/m1/s1. The number of alkyl halides is 1. The molecule has 3 atom stereocenters. The lowest BCUT2D eigenvalue weighted by Crippen LogP contribution is -2.46. The van der Waals surface area contributed by atoms with E-state index in [1.807, 2.05) is 65.6 Å². The van der Waals surface area contributed by atoms with Crippen LogP contribution in [-0.2, 0) is 31.8 Å². The third kappa shape index (κ3) is 6.84. The fourth-order valence-electron chi connectivity index (χ4n) is 7.26. The van der Waals surface area contributed by atoms with Gasteiger partial charge in [-0.3, -0.25) is 19.3 Å². The van der Waals surface area contributed by atoms with Crippen LogP contribution in [0.25, 0.3) is 0 Å². The van der Waals surface area contributed by atoms with Crippen molar-refractivity contribution >= 4 is 51.7 Å². The second-order valence-electron chi connectivity index (χ2n) is 12.4. The van der Waals surface area contributed by atoms with Gasteiger partial charge in [0.05, 0.1) is 18.9 Å². The zero-order valence-corrected chi connectivity index (χ0v) is 28.7. The number of amides is 2. The number of carbonyl (C=O) groups excluding carboxylic acids is 2. The minimum Gasteiger partial charge on any atom is -0.481 e. The highest BCUT2D eigenvalue weighted by molar-refractivity contribution is 14.1. The van der Waals surface area contributed by atoms with E-state index < -0.39 is 23.8 Å². The Morgan fingerprint density at radius 3 is 2.70 bits per heavy atom. The summed E-state index contributed by atoms with van der Waals surface area (Å²) < 4.78 is 12.1. The highest BCUT2D eigenvalue weighted by Crippen LogP contribution is 2.45. The molecular formula is C36H41IN4O6. The van der Waals surface area contributed by atoms with E-state index >= 15 is 0 Å². The molecule has 1 saturated heterocycles. The maximum Gasteiger partial charge on any atom is 0.308 e. The first-order chi connectivity index (χ1) is 22.8. The number of aliphatic carboxylic acids is 1. The Balaban J connectivity index is 1.33. The molecule has 3 heterocycles. The Labute approximate surface area is 288 Å². The average molecular weight is 753 g/mol. The largest absolute Gasteiger partial charge is 0.481 e. The zero-order valence-electron chi connectivity index (χ0n) is 26.6. The number of likely N-dealkylation sites (tertiary alicyclic amines) is 1. The van der Waals surface area contributed by atoms with Gasteiger partial charge in [-0.25, -0.2) is 0 Å². The van der Waals surface area contributed by atoms with Gasteiger partial charge in [-0.1, -0.05) is 72.3 Å². The van der Waals surface area contributed by atoms with Gasteiger partial charge in [0.2, 0.25) is 18.6 Å². The molecule has 0 radical (unpaired) electrons. The molecule has 248 valence electrons. The summed E-state index contributed by atoms with van der Waals surface area (Å²) in [6.45, 7) is 3.92. The Morgan fingerprint density at radius 1 is 1.11 bits per heavy atom. The van der Waals surface area contributed by atoms with Crippen LogP contribution >= 0.6 is 22.6 Å². The molecule has 3 N–H and O–H groups in total. The number of para-hydroxylation sites is 1. The van der Waals surface area contributed by atoms with Gasteiger partial charge in [-0.15, -0.1) is 0 Å². The Hall–Kier alpha value is -3.68. The number of nitrogens with zero attached hydrogens (tertiary/aromatic N) is 3. The van der Waals surface area contributed by atoms with Crippen LogP contribution in [-0.4, -0.2) is 66.8 Å². The normalized spacial score (nSPS) is 20.1. The van der Waals surface area contributed by atoms with Gasteiger partial charge in [0.1, 0.15) is 0 Å². The van der Waals surface area contributed by atoms with Crippen LogP contribution in [0.3, 0.4) is 0 Å². The summed E-state index contributed by atoms with van der Waals surface area (Å²) in [4.78, 5) is 46.0. The quantitative estimate of drug-likeness (QED) is 0.183. The van der Waals surface area contributed by atoms with Crippen LogP contribution in [0.2, 0.25) is 0 Å². The molecule has 0 aliphatic carbocycles. The minimum absolute atomic E-state index is 0.00299. The fourth-order valence-corrected chi connectivity index (χ4v) is 7.82. The number of fused-ring (bicyclic) bond motifs is 2. The number of hydrogen-bond donors (Lipinski definition) is 2. The summed E-state index contributed by atoms with van der Waals surface area (Å²) >= 11 is 2.28. The summed E-state index contributed by atoms with van der Waals surface area (Å²) in [5.74, 6) is -0.888. The molecule has 47 heavy (non-hydrogen) atoms. The molecule has 3 aliphatic heterocycles. The van der Waals surface area contributed by atoms with Crippen molar-refractivity contribution in [2.45, 2.75) is 55.5 Å². The molecule has 0 aromatic heterocycles. The Morgan fingerprint density at radius 2 is 1.94 bits per heavy atom. The number of anilines is 2. The van der Waals surface area contributed by atoms with Crippen molar-refractivity contribution in [1.29, 1.82) is 0 Å². The van der Waals surface area contributed by atoms with Crippen LogP contribution in [0, 0.1) is 5.92 Å². The maximum absolute atomic E-state index is 14.2. The van der Waals surface area contributed by atoms with E-state index in [-0.39, 0.29) is 25.2 Å². The summed E-state index contributed by atoms with van der Waals surface area (Å²) in [7, 11) is 0. The summed E-state index contributed by atoms with van der Waals surface area (Å²) in [6, 6.07) is 18.9. The summed E-state index contributed by atoms with van der Waals surface area (Å²) in [5, 5.41) is 10.8. The number of unbranched alkanes of at least 4 members (excludes halogenated alkanes) is 1. The number of nitrogens with two attached hydrogens (primary N) is 1. The molecule has 0 bridgehead atoms. The van der Waals surface area contributed by atoms with Crippen molar-refractivity contribution in [3.63, 3.8) is 0 Å². The molecule has 11 heteroatoms. The highest BCUT2D eigenvalue weighted by Gasteiger charge is 2.48. The average Bonchev–Trinajstić information content (AvgIpc) is 3.78. The SMILES string of the molecule is CCCCN(C(=O)CN1C[C@H](c2cc(CI)c3c(c2)OCO3)[C@@H](C(=O)O)[C@@H]1CCN1C(=O)Cc2ccccc21)c1cccc(CN)c1. The number of hydrogen-bond acceptors (Lipinski definition) is 7. The van der Waals surface area contributed by atoms with Gasteiger partial charge in [-0.2, -0.15) is 0 Å². The molecule has 2 amide bonds. The van der Waals surface area contributed by atoms with Crippen LogP contribution in [0.4, 0.5) is 11.4 Å². The van der Waals surface area contributed by atoms with Gasteiger partial charge in [0, 0.05) is 59.5 Å². The molecule has 0 saturated carbocycles. The lowest BCUT2D eigenvalue weighted by atomic mass is 9.83. The molecule has 10 nitrogen and oxygen atoms in total. The van der Waals surface area contributed by atoms with Gasteiger partial charge < -0.3 is 30.1 Å². The van der Waals surface area contributed by atoms with E-state index in [0.29, 0.717) is 54.9 Å². The molecule has 1 fully saturated rings. The van der Waals surface area contributed by atoms with E-state index in [1.165, 1.54) is 0 Å². The number of halogens is 1. The molecule has 6 rings (SSSR count). The van der Waals surface area contributed by atoms with E-state index in [0.717, 1.165) is 46.5 Å². The molecular weight excluding hydrogens is 711 g/mol. The van der Waals surface area contributed by atoms with Crippen molar-refractivity contribution in [2.24, 2.45) is 11.7 Å². The number of carboxylic acids is 1. The predicted octanol–water partition coefficient (Wildman–Crippen LogP) is 5.09. The van der Waals surface area contributed by atoms with Crippen LogP contribution in [0.1, 0.15) is 54.4 Å². The van der Waals surface area contributed by atoms with Crippen molar-refractivity contribution in [3.05, 3.63) is 82.9 Å². The van der Waals surface area contributed by atoms with Gasteiger partial charge in [0.25, 0.3) is 0 Å². The topological polar surface area (TPSA) is 126 Å². The molecule has 3 aromatic rings. The second kappa shape index (κ2) is 14.6. The summed E-state index contributed by atoms with van der Waals surface area (Å²) in [6.07, 6.45) is 2.49. The molecule has 3 aromatic carbocycles. The number of ether oxygens (including phenoxy) is 2. The Bertz CT molecular complexity index is 1650. The van der Waals surface area contributed by atoms with Gasteiger partial charge in [0.15, 0.2) is 11.5 Å². The minimum atomic E-state index is -0.921. The fraction of sp³-hybridized carbons (Fsp3) is 0.417. The third-order valence-corrected chi connectivity index (χ3v) is 10.4. The van der Waals surface area contributed by atoms with E-state index in [9.17, 15) is 19.5 Å². The monoisotopic (exact) mass is 752 g/mol. The number of carbonyl (C=O) groups is 3. The van der Waals surface area contributed by atoms with Crippen molar-refractivity contribution in [2.75, 3.05) is 42.8 Å². The van der Waals surface area contributed by atoms with Crippen LogP contribution in [0.15, 0.2) is 60.7 Å². The number of carboxylic acid groups (broad SMARTS) is 1. The van der Waals surface area contributed by atoms with Crippen molar-refractivity contribution < 1.29 is 29.0 Å². The van der Waals surface area contributed by atoms with Crippen molar-refractivity contribution in [3.8, 4) is 11.5 Å². The smallest absolute Gasteiger partial charge is 0.308 e. The first-order valence-electron chi connectivity index (χ1n) is 16.3. The first-order valence-corrected chi connectivity index (χ1v) is 17.8. The van der Waals surface area contributed by atoms with E-state index in [4.69, 9.17) is 15.2 Å². The van der Waals surface area contributed by atoms with E-state index in [2.05, 4.69) is 29.5 Å². The summed E-state index contributed by atoms with van der Waals surface area (Å²) in [5.41, 5.74) is 11.3. The number of benzene rings is 3. The van der Waals surface area contributed by atoms with Gasteiger partial charge >= 0.3 is 5.97 Å². The lowest BCUT2D eigenvalue weighted by Gasteiger charge is -2.31. The van der Waals surface area contributed by atoms with Crippen LogP contribution < -0.4 is 25.0 Å². The lowest BCUT2D eigenvalue weighted by molar-refractivity contribution is -0.143. The van der Waals surface area contributed by atoms with Crippen LogP contribution in [0.5, 0.6) is 11.5 Å². The Kier molecular flexibility index (Phi) is 10.3. The molecule has 3 aliphatic rings. The predicted molar refractivity (Wildman–Crippen MR) is 188 cm³/mol. The highest BCUT2D eigenvalue weighted by atomic mass is 127. The number of rotatable bonds is 13. The third-order valence-electron chi connectivity index (χ3n) is 9.58. The maximum atomic E-state index is 14.2. The second-order valence-corrected chi connectivity index (χ2v) is 13.2. The first kappa shape index (κ1) is 33.2. The van der Waals surface area contributed by atoms with E-state index in [1.54, 1.807) is 9.80 Å².